The molecule has 0 aromatic heterocycles. The van der Waals surface area contributed by atoms with Crippen LogP contribution in [-0.2, 0) is 0 Å². The van der Waals surface area contributed by atoms with E-state index in [1.54, 1.807) is 7.10 Å². The third kappa shape index (κ3) is 8.42. The standard InChI is InChI=1S/C12H18S2SeTe2/c16-11(5-9-7-13-9)1-3-15-4-2-12(17)6-10-8-14-10/h9-10H,1-8H2. The molecule has 0 saturated carbocycles. The van der Waals surface area contributed by atoms with E-state index in [1.165, 1.54) is 47.8 Å². The van der Waals surface area contributed by atoms with Gasteiger partial charge in [0.05, 0.1) is 0 Å². The van der Waals surface area contributed by atoms with Gasteiger partial charge in [-0.15, -0.1) is 0 Å². The summed E-state index contributed by atoms with van der Waals surface area (Å²) in [6.45, 7) is 0. The zero-order chi connectivity index (χ0) is 12.1. The fourth-order valence-corrected chi connectivity index (χ4v) is 8.97. The van der Waals surface area contributed by atoms with E-state index in [1.807, 2.05) is 0 Å². The molecule has 0 radical (unpaired) electrons. The molecule has 0 aromatic carbocycles. The van der Waals surface area contributed by atoms with Crippen molar-refractivity contribution in [1.82, 2.24) is 0 Å². The molecule has 2 saturated heterocycles. The van der Waals surface area contributed by atoms with E-state index in [0.717, 1.165) is 25.5 Å². The maximum absolute atomic E-state index is 2.30. The van der Waals surface area contributed by atoms with Crippen molar-refractivity contribution in [3.63, 3.8) is 0 Å². The van der Waals surface area contributed by atoms with Crippen molar-refractivity contribution in [2.24, 2.45) is 0 Å². The molecule has 2 aliphatic rings. The summed E-state index contributed by atoms with van der Waals surface area (Å²) in [4.78, 5) is 0. The summed E-state index contributed by atoms with van der Waals surface area (Å²) in [5, 5.41) is 5.01. The van der Waals surface area contributed by atoms with Crippen LogP contribution in [0.4, 0.5) is 0 Å². The summed E-state index contributed by atoms with van der Waals surface area (Å²) in [6, 6.07) is 0. The molecule has 2 heterocycles. The van der Waals surface area contributed by atoms with Crippen molar-refractivity contribution in [2.45, 2.75) is 46.8 Å². The molecule has 0 aliphatic carbocycles. The monoisotopic (exact) mass is 566 g/mol. The molecule has 96 valence electrons. The molecular weight excluding hydrogens is 542 g/mol. The van der Waals surface area contributed by atoms with Crippen molar-refractivity contribution >= 4 is 89.2 Å². The summed E-state index contributed by atoms with van der Waals surface area (Å²) in [5.41, 5.74) is 0. The van der Waals surface area contributed by atoms with Gasteiger partial charge in [0.2, 0.25) is 0 Å². The second-order valence-electron chi connectivity index (χ2n) is 4.51. The van der Waals surface area contributed by atoms with Gasteiger partial charge in [0.25, 0.3) is 0 Å². The Morgan fingerprint density at radius 3 is 1.71 bits per heavy atom. The fourth-order valence-electron chi connectivity index (χ4n) is 1.56. The SMILES string of the molecule is [Te]=C(CC[Se]CCC(=[Te])CC1CS1)CC1CS1. The number of hydrogen-bond acceptors (Lipinski definition) is 2. The zero-order valence-corrected chi connectivity index (χ0v) is 17.9. The van der Waals surface area contributed by atoms with E-state index in [2.05, 4.69) is 67.2 Å². The van der Waals surface area contributed by atoms with Crippen LogP contribution in [0.3, 0.4) is 0 Å². The Bertz CT molecular complexity index is 260. The van der Waals surface area contributed by atoms with E-state index in [0.29, 0.717) is 0 Å². The van der Waals surface area contributed by atoms with E-state index in [9.17, 15) is 0 Å². The summed E-state index contributed by atoms with van der Waals surface area (Å²) in [5.74, 6) is 2.86. The first kappa shape index (κ1) is 15.9. The maximum atomic E-state index is 2.30. The predicted molar refractivity (Wildman–Crippen MR) is 87.9 cm³/mol. The van der Waals surface area contributed by atoms with E-state index in [4.69, 9.17) is 0 Å². The Balaban J connectivity index is 1.39. The summed E-state index contributed by atoms with van der Waals surface area (Å²) < 4.78 is 3.54. The Morgan fingerprint density at radius 2 is 1.35 bits per heavy atom. The fraction of sp³-hybridized carbons (Fsp3) is 0.833. The molecule has 2 rings (SSSR count). The average molecular weight is 561 g/mol. The Morgan fingerprint density at radius 1 is 0.941 bits per heavy atom. The normalized spacial score (nSPS) is 25.6. The first-order valence-electron chi connectivity index (χ1n) is 6.08. The molecule has 2 aliphatic heterocycles. The third-order valence-electron chi connectivity index (χ3n) is 2.77. The molecule has 5 heteroatoms. The molecule has 0 bridgehead atoms. The van der Waals surface area contributed by atoms with Gasteiger partial charge in [-0.2, -0.15) is 0 Å². The molecule has 0 amide bonds. The molecular formula is C12H18S2SeTe2. The summed E-state index contributed by atoms with van der Waals surface area (Å²) in [6.07, 6.45) is 5.66. The van der Waals surface area contributed by atoms with Gasteiger partial charge >= 0.3 is 148 Å². The van der Waals surface area contributed by atoms with Crippen molar-refractivity contribution in [3.05, 3.63) is 0 Å². The molecule has 2 atom stereocenters. The Hall–Kier alpha value is 2.54. The second kappa shape index (κ2) is 8.74. The van der Waals surface area contributed by atoms with Gasteiger partial charge in [-0.05, 0) is 0 Å². The van der Waals surface area contributed by atoms with Crippen molar-refractivity contribution in [3.8, 4) is 0 Å². The zero-order valence-electron chi connectivity index (χ0n) is 9.85. The van der Waals surface area contributed by atoms with Crippen LogP contribution in [0.2, 0.25) is 10.6 Å². The molecule has 0 spiro atoms. The van der Waals surface area contributed by atoms with Crippen LogP contribution >= 0.6 is 23.5 Å². The van der Waals surface area contributed by atoms with Crippen molar-refractivity contribution < 1.29 is 0 Å². The topological polar surface area (TPSA) is 0 Å². The van der Waals surface area contributed by atoms with Crippen LogP contribution in [0.1, 0.15) is 25.7 Å². The van der Waals surface area contributed by atoms with Crippen molar-refractivity contribution in [2.75, 3.05) is 11.5 Å². The first-order valence-corrected chi connectivity index (χ1v) is 12.9. The minimum absolute atomic E-state index is 0.902. The van der Waals surface area contributed by atoms with Crippen molar-refractivity contribution in [1.29, 1.82) is 0 Å². The van der Waals surface area contributed by atoms with Crippen LogP contribution < -0.4 is 0 Å². The van der Waals surface area contributed by atoms with Gasteiger partial charge in [0.1, 0.15) is 0 Å². The Labute approximate surface area is 146 Å². The first-order chi connectivity index (χ1) is 8.24. The molecule has 2 unspecified atom stereocenters. The molecule has 2 fully saturated rings. The van der Waals surface area contributed by atoms with E-state index < -0.39 is 0 Å². The molecule has 17 heavy (non-hydrogen) atoms. The van der Waals surface area contributed by atoms with E-state index in [-0.39, 0.29) is 0 Å². The van der Waals surface area contributed by atoms with Crippen LogP contribution in [0, 0.1) is 0 Å². The van der Waals surface area contributed by atoms with Gasteiger partial charge in [0, 0.05) is 0 Å². The molecule has 0 aromatic rings. The Kier molecular flexibility index (Phi) is 8.19. The average Bonchev–Trinajstić information content (AvgIpc) is 3.13. The van der Waals surface area contributed by atoms with Gasteiger partial charge in [-0.25, -0.2) is 0 Å². The summed E-state index contributed by atoms with van der Waals surface area (Å²) in [7, 11) is 0. The predicted octanol–water partition coefficient (Wildman–Crippen LogP) is 2.00. The number of hydrogen-bond donors (Lipinski definition) is 0. The van der Waals surface area contributed by atoms with Crippen LogP contribution in [0.25, 0.3) is 0 Å². The number of thioether (sulfide) groups is 2. The van der Waals surface area contributed by atoms with Crippen LogP contribution in [-0.4, -0.2) is 87.7 Å². The van der Waals surface area contributed by atoms with Gasteiger partial charge in [-0.3, -0.25) is 0 Å². The van der Waals surface area contributed by atoms with Gasteiger partial charge in [-0.1, -0.05) is 0 Å². The minimum atomic E-state index is 0.902. The molecule has 0 N–H and O–H groups in total. The quantitative estimate of drug-likeness (QED) is 0.228. The van der Waals surface area contributed by atoms with Crippen LogP contribution in [0.15, 0.2) is 0 Å². The van der Waals surface area contributed by atoms with Crippen LogP contribution in [0.5, 0.6) is 0 Å². The molecule has 0 nitrogen and oxygen atoms in total. The summed E-state index contributed by atoms with van der Waals surface area (Å²) >= 11 is 9.77. The third-order valence-corrected chi connectivity index (χ3v) is 8.89. The van der Waals surface area contributed by atoms with Gasteiger partial charge in [0.15, 0.2) is 0 Å². The second-order valence-corrected chi connectivity index (χ2v) is 13.0. The van der Waals surface area contributed by atoms with E-state index >= 15 is 0 Å². The number of rotatable bonds is 10. The van der Waals surface area contributed by atoms with Gasteiger partial charge < -0.3 is 0 Å².